The van der Waals surface area contributed by atoms with Crippen molar-refractivity contribution >= 4 is 11.6 Å². The van der Waals surface area contributed by atoms with Gasteiger partial charge in [0.1, 0.15) is 23.0 Å². The fourth-order valence-corrected chi connectivity index (χ4v) is 5.55. The molecule has 1 aliphatic heterocycles. The Morgan fingerprint density at radius 3 is 2.68 bits per heavy atom. The molecule has 3 N–H and O–H groups in total. The number of halogens is 3. The molecule has 2 aliphatic rings. The molecule has 1 saturated carbocycles. The van der Waals surface area contributed by atoms with Crippen molar-refractivity contribution in [2.45, 2.75) is 57.4 Å². The van der Waals surface area contributed by atoms with Gasteiger partial charge in [-0.05, 0) is 73.3 Å². The van der Waals surface area contributed by atoms with Crippen LogP contribution in [0.5, 0.6) is 5.75 Å². The third-order valence-corrected chi connectivity index (χ3v) is 7.37. The zero-order chi connectivity index (χ0) is 26.3. The first-order valence-electron chi connectivity index (χ1n) is 12.5. The van der Waals surface area contributed by atoms with Crippen LogP contribution in [0.1, 0.15) is 73.0 Å². The van der Waals surface area contributed by atoms with Crippen molar-refractivity contribution in [1.29, 1.82) is 0 Å². The average Bonchev–Trinajstić information content (AvgIpc) is 2.85. The molecule has 37 heavy (non-hydrogen) atoms. The fraction of sp³-hybridized carbons (Fsp3) is 0.393. The van der Waals surface area contributed by atoms with E-state index in [1.165, 1.54) is 6.07 Å². The van der Waals surface area contributed by atoms with Gasteiger partial charge in [-0.1, -0.05) is 13.8 Å². The lowest BCUT2D eigenvalue weighted by molar-refractivity contribution is 0.102. The van der Waals surface area contributed by atoms with Gasteiger partial charge in [0.25, 0.3) is 5.91 Å². The lowest BCUT2D eigenvalue weighted by atomic mass is 9.76. The van der Waals surface area contributed by atoms with Gasteiger partial charge in [-0.25, -0.2) is 18.2 Å². The van der Waals surface area contributed by atoms with Crippen LogP contribution in [0.25, 0.3) is 11.3 Å². The molecule has 4 unspecified atom stereocenters. The van der Waals surface area contributed by atoms with Crippen LogP contribution in [0.3, 0.4) is 0 Å². The summed E-state index contributed by atoms with van der Waals surface area (Å²) in [6.45, 7) is 4.27. The molecular weight excluding hydrogens is 481 g/mol. The van der Waals surface area contributed by atoms with Crippen molar-refractivity contribution in [2.75, 3.05) is 11.9 Å². The summed E-state index contributed by atoms with van der Waals surface area (Å²) < 4.78 is 50.7. The number of hydrogen-bond acceptors (Lipinski definition) is 5. The number of amides is 1. The van der Waals surface area contributed by atoms with Gasteiger partial charge in [-0.3, -0.25) is 9.78 Å². The molecule has 0 spiro atoms. The van der Waals surface area contributed by atoms with E-state index >= 15 is 8.78 Å². The van der Waals surface area contributed by atoms with Crippen LogP contribution in [0.15, 0.2) is 36.7 Å². The van der Waals surface area contributed by atoms with Crippen molar-refractivity contribution in [2.24, 2.45) is 11.7 Å². The second kappa shape index (κ2) is 10.1. The van der Waals surface area contributed by atoms with Gasteiger partial charge in [0.05, 0.1) is 24.1 Å². The maximum atomic E-state index is 15.4. The fourth-order valence-electron chi connectivity index (χ4n) is 5.55. The number of anilines is 1. The predicted octanol–water partition coefficient (Wildman–Crippen LogP) is 5.93. The van der Waals surface area contributed by atoms with Crippen molar-refractivity contribution in [3.8, 4) is 17.0 Å². The molecular formula is C28H29F3N4O2. The molecule has 5 rings (SSSR count). The van der Waals surface area contributed by atoms with Gasteiger partial charge in [-0.15, -0.1) is 0 Å². The van der Waals surface area contributed by atoms with Crippen molar-refractivity contribution in [1.82, 2.24) is 9.97 Å². The number of carbonyl (C=O) groups is 1. The third-order valence-electron chi connectivity index (χ3n) is 7.37. The van der Waals surface area contributed by atoms with Gasteiger partial charge >= 0.3 is 0 Å². The Balaban J connectivity index is 1.47. The first-order chi connectivity index (χ1) is 17.7. The summed E-state index contributed by atoms with van der Waals surface area (Å²) in [5.41, 5.74) is 6.59. The number of aromatic nitrogens is 2. The van der Waals surface area contributed by atoms with Crippen LogP contribution < -0.4 is 15.8 Å². The lowest BCUT2D eigenvalue weighted by Crippen LogP contribution is -2.31. The van der Waals surface area contributed by atoms with Crippen molar-refractivity contribution in [3.05, 3.63) is 70.9 Å². The second-order valence-corrected chi connectivity index (χ2v) is 10.2. The molecule has 0 saturated heterocycles. The molecule has 0 bridgehead atoms. The molecule has 1 aliphatic carbocycles. The summed E-state index contributed by atoms with van der Waals surface area (Å²) in [5.74, 6) is -3.20. The Morgan fingerprint density at radius 2 is 1.89 bits per heavy atom. The summed E-state index contributed by atoms with van der Waals surface area (Å²) in [7, 11) is 0. The van der Waals surface area contributed by atoms with Gasteiger partial charge in [-0.2, -0.15) is 0 Å². The summed E-state index contributed by atoms with van der Waals surface area (Å²) >= 11 is 0. The van der Waals surface area contributed by atoms with Gasteiger partial charge in [0, 0.05) is 17.8 Å². The summed E-state index contributed by atoms with van der Waals surface area (Å²) in [6, 6.07) is 5.23. The Hall–Kier alpha value is -3.46. The van der Waals surface area contributed by atoms with E-state index in [0.717, 1.165) is 37.0 Å². The molecule has 0 radical (unpaired) electrons. The zero-order valence-electron chi connectivity index (χ0n) is 20.7. The number of benzene rings is 1. The molecule has 3 heterocycles. The maximum absolute atomic E-state index is 15.4. The minimum absolute atomic E-state index is 0.0696. The molecule has 1 fully saturated rings. The second-order valence-electron chi connectivity index (χ2n) is 10.2. The Kier molecular flexibility index (Phi) is 6.90. The molecule has 9 heteroatoms. The molecule has 194 valence electrons. The van der Waals surface area contributed by atoms with Crippen LogP contribution in [0.2, 0.25) is 0 Å². The number of nitrogens with two attached hydrogens (primary N) is 1. The summed E-state index contributed by atoms with van der Waals surface area (Å²) in [4.78, 5) is 21.3. The number of pyridine rings is 2. The summed E-state index contributed by atoms with van der Waals surface area (Å²) in [6.07, 6.45) is 6.49. The maximum Gasteiger partial charge on any atom is 0.274 e. The lowest BCUT2D eigenvalue weighted by Gasteiger charge is -2.32. The van der Waals surface area contributed by atoms with E-state index in [0.29, 0.717) is 23.6 Å². The molecule has 6 nitrogen and oxygen atoms in total. The van der Waals surface area contributed by atoms with Gasteiger partial charge < -0.3 is 15.8 Å². The smallest absolute Gasteiger partial charge is 0.274 e. The number of ether oxygens (including phenoxy) is 1. The molecule has 1 aromatic carbocycles. The number of hydrogen-bond donors (Lipinski definition) is 2. The highest BCUT2D eigenvalue weighted by Gasteiger charge is 2.30. The van der Waals surface area contributed by atoms with Crippen LogP contribution >= 0.6 is 0 Å². The predicted molar refractivity (Wildman–Crippen MR) is 134 cm³/mol. The Morgan fingerprint density at radius 1 is 1.08 bits per heavy atom. The Labute approximate surface area is 213 Å². The van der Waals surface area contributed by atoms with E-state index in [9.17, 15) is 9.18 Å². The SMILES string of the molecule is CC1CC(N)CC(c2ccncc2NC(=O)c2ccc(F)c(-c3c(F)cc4c(c3F)OCCC4C)n2)C1. The first-order valence-corrected chi connectivity index (χ1v) is 12.5. The zero-order valence-corrected chi connectivity index (χ0v) is 20.7. The standard InChI is InChI=1S/C28H29F3N4O2/c1-14-9-16(11-17(32)10-14)18-5-7-33-13-23(18)35-28(36)22-4-3-20(29)26(34-22)24-21(30)12-19-15(2)6-8-37-27(19)25(24)31/h3-5,7,12-17H,6,8-11,32H2,1-2H3,(H,35,36). The highest BCUT2D eigenvalue weighted by Crippen LogP contribution is 2.42. The summed E-state index contributed by atoms with van der Waals surface area (Å²) in [5, 5.41) is 2.80. The number of fused-ring (bicyclic) bond motifs is 1. The number of rotatable bonds is 4. The van der Waals surface area contributed by atoms with Crippen LogP contribution in [-0.2, 0) is 0 Å². The number of nitrogens with one attached hydrogen (secondary N) is 1. The van der Waals surface area contributed by atoms with Crippen LogP contribution in [0, 0.1) is 23.4 Å². The highest BCUT2D eigenvalue weighted by molar-refractivity contribution is 6.03. The largest absolute Gasteiger partial charge is 0.490 e. The highest BCUT2D eigenvalue weighted by atomic mass is 19.1. The van der Waals surface area contributed by atoms with Gasteiger partial charge in [0.2, 0.25) is 0 Å². The quantitative estimate of drug-likeness (QED) is 0.454. The Bertz CT molecular complexity index is 1340. The van der Waals surface area contributed by atoms with Crippen LogP contribution in [0.4, 0.5) is 18.9 Å². The van der Waals surface area contributed by atoms with E-state index in [4.69, 9.17) is 10.5 Å². The average molecular weight is 511 g/mol. The number of carbonyl (C=O) groups excluding carboxylic acids is 1. The van der Waals surface area contributed by atoms with Crippen LogP contribution in [-0.4, -0.2) is 28.5 Å². The van der Waals surface area contributed by atoms with E-state index < -0.39 is 34.6 Å². The normalized spacial score (nSPS) is 23.2. The minimum atomic E-state index is -1.03. The topological polar surface area (TPSA) is 90.1 Å². The van der Waals surface area contributed by atoms with E-state index in [-0.39, 0.29) is 35.9 Å². The molecule has 4 atom stereocenters. The monoisotopic (exact) mass is 510 g/mol. The van der Waals surface area contributed by atoms with E-state index in [1.807, 2.05) is 13.0 Å². The number of nitrogens with zero attached hydrogens (tertiary/aromatic N) is 2. The van der Waals surface area contributed by atoms with E-state index in [1.54, 1.807) is 12.4 Å². The minimum Gasteiger partial charge on any atom is -0.490 e. The van der Waals surface area contributed by atoms with Crippen molar-refractivity contribution in [3.63, 3.8) is 0 Å². The first kappa shape index (κ1) is 25.2. The third kappa shape index (κ3) is 4.92. The van der Waals surface area contributed by atoms with Gasteiger partial charge in [0.15, 0.2) is 11.6 Å². The van der Waals surface area contributed by atoms with E-state index in [2.05, 4.69) is 22.2 Å². The van der Waals surface area contributed by atoms with Crippen molar-refractivity contribution < 1.29 is 22.7 Å². The molecule has 2 aromatic heterocycles. The molecule has 1 amide bonds. The molecule has 3 aromatic rings.